The highest BCUT2D eigenvalue weighted by Gasteiger charge is 2.20. The van der Waals surface area contributed by atoms with Crippen molar-refractivity contribution in [1.82, 2.24) is 20.4 Å². The molecule has 1 aliphatic rings. The molecule has 0 bridgehead atoms. The summed E-state index contributed by atoms with van der Waals surface area (Å²) in [5.74, 6) is 0.729. The molecule has 10 heteroatoms. The van der Waals surface area contributed by atoms with Crippen LogP contribution in [0.15, 0.2) is 20.9 Å². The molecule has 1 saturated heterocycles. The lowest BCUT2D eigenvalue weighted by molar-refractivity contribution is -0.119. The first-order chi connectivity index (χ1) is 12.6. The molecule has 154 valence electrons. The minimum atomic E-state index is -0.0839. The fourth-order valence-electron chi connectivity index (χ4n) is 2.70. The highest BCUT2D eigenvalue weighted by atomic mass is 127. The van der Waals surface area contributed by atoms with Crippen LogP contribution in [0.4, 0.5) is 0 Å². The first-order valence-corrected chi connectivity index (χ1v) is 10.5. The molecule has 1 aliphatic heterocycles. The maximum Gasteiger partial charge on any atom is 0.241 e. The van der Waals surface area contributed by atoms with E-state index in [-0.39, 0.29) is 36.4 Å². The Balaban J connectivity index is 0.00000364. The predicted molar refractivity (Wildman–Crippen MR) is 125 cm³/mol. The van der Waals surface area contributed by atoms with Crippen LogP contribution in [0.3, 0.4) is 0 Å². The molecule has 0 saturated carbocycles. The molecule has 1 fully saturated rings. The number of thiophene rings is 1. The van der Waals surface area contributed by atoms with E-state index >= 15 is 0 Å². The van der Waals surface area contributed by atoms with Gasteiger partial charge in [0, 0.05) is 57.8 Å². The highest BCUT2D eigenvalue weighted by molar-refractivity contribution is 14.0. The van der Waals surface area contributed by atoms with Gasteiger partial charge < -0.3 is 20.3 Å². The van der Waals surface area contributed by atoms with Crippen molar-refractivity contribution in [3.63, 3.8) is 0 Å². The van der Waals surface area contributed by atoms with E-state index in [1.54, 1.807) is 18.4 Å². The number of aliphatic imine (C=N–C) groups is 1. The second kappa shape index (κ2) is 13.7. The number of guanidine groups is 1. The Bertz CT molecular complexity index is 594. The molecule has 7 nitrogen and oxygen atoms in total. The third kappa shape index (κ3) is 9.07. The van der Waals surface area contributed by atoms with Crippen molar-refractivity contribution in [3.8, 4) is 0 Å². The number of nitrogens with zero attached hydrogens (tertiary/aromatic N) is 3. The van der Waals surface area contributed by atoms with Crippen LogP contribution >= 0.6 is 51.2 Å². The number of rotatable bonds is 8. The van der Waals surface area contributed by atoms with Gasteiger partial charge >= 0.3 is 0 Å². The van der Waals surface area contributed by atoms with Crippen molar-refractivity contribution in [2.45, 2.75) is 13.5 Å². The van der Waals surface area contributed by atoms with Gasteiger partial charge in [-0.05, 0) is 35.0 Å². The Labute approximate surface area is 191 Å². The van der Waals surface area contributed by atoms with Crippen LogP contribution in [-0.4, -0.2) is 81.2 Å². The zero-order chi connectivity index (χ0) is 18.8. The van der Waals surface area contributed by atoms with E-state index in [1.807, 2.05) is 6.92 Å². The smallest absolute Gasteiger partial charge is 0.241 e. The fraction of sp³-hybridized carbons (Fsp3) is 0.647. The average molecular weight is 574 g/mol. The number of hydrogen-bond donors (Lipinski definition) is 2. The number of amides is 1. The van der Waals surface area contributed by atoms with Gasteiger partial charge in [0.2, 0.25) is 5.91 Å². The first kappa shape index (κ1) is 24.6. The largest absolute Gasteiger partial charge is 0.383 e. The zero-order valence-corrected chi connectivity index (χ0v) is 20.6. The van der Waals surface area contributed by atoms with Crippen molar-refractivity contribution in [2.24, 2.45) is 4.99 Å². The van der Waals surface area contributed by atoms with Gasteiger partial charge in [-0.15, -0.1) is 35.3 Å². The third-order valence-electron chi connectivity index (χ3n) is 4.02. The lowest BCUT2D eigenvalue weighted by atomic mass is 10.3. The molecule has 27 heavy (non-hydrogen) atoms. The van der Waals surface area contributed by atoms with Crippen LogP contribution in [-0.2, 0) is 16.1 Å². The van der Waals surface area contributed by atoms with Crippen LogP contribution in [0.25, 0.3) is 0 Å². The molecule has 0 spiro atoms. The second-order valence-corrected chi connectivity index (χ2v) is 8.53. The van der Waals surface area contributed by atoms with E-state index in [0.717, 1.165) is 45.2 Å². The van der Waals surface area contributed by atoms with Crippen molar-refractivity contribution >= 4 is 63.1 Å². The number of nitrogens with one attached hydrogen (secondary N) is 2. The molecule has 0 unspecified atom stereocenters. The van der Waals surface area contributed by atoms with Crippen molar-refractivity contribution in [3.05, 3.63) is 20.8 Å². The SMILES string of the molecule is CCNC(=NCC(=O)NCCOC)N1CCN(Cc2ccc(Br)s2)CC1.I. The number of carbonyl (C=O) groups excluding carboxylic acids is 1. The summed E-state index contributed by atoms with van der Waals surface area (Å²) in [6, 6.07) is 4.28. The molecule has 0 aliphatic carbocycles. The standard InChI is InChI=1S/C17H28BrN5O2S.HI/c1-3-19-17(21-12-16(24)20-6-11-25-2)23-9-7-22(8-10-23)13-14-4-5-15(18)26-14;/h4-5H,3,6-13H2,1-2H3,(H,19,21)(H,20,24);1H. The monoisotopic (exact) mass is 573 g/mol. The molecular weight excluding hydrogens is 545 g/mol. The maximum atomic E-state index is 11.8. The third-order valence-corrected chi connectivity index (χ3v) is 5.62. The number of hydrogen-bond acceptors (Lipinski definition) is 5. The van der Waals surface area contributed by atoms with Crippen molar-refractivity contribution < 1.29 is 9.53 Å². The summed E-state index contributed by atoms with van der Waals surface area (Å²) in [6.07, 6.45) is 0. The molecule has 1 amide bonds. The van der Waals surface area contributed by atoms with E-state index in [1.165, 1.54) is 8.66 Å². The Morgan fingerprint density at radius 2 is 2.04 bits per heavy atom. The van der Waals surface area contributed by atoms with Gasteiger partial charge in [0.15, 0.2) is 5.96 Å². The molecule has 0 atom stereocenters. The van der Waals surface area contributed by atoms with Gasteiger partial charge in [0.25, 0.3) is 0 Å². The summed E-state index contributed by atoms with van der Waals surface area (Å²) in [6.45, 7) is 8.76. The van der Waals surface area contributed by atoms with Gasteiger partial charge in [0.1, 0.15) is 6.54 Å². The minimum absolute atomic E-state index is 0. The quantitative estimate of drug-likeness (QED) is 0.215. The van der Waals surface area contributed by atoms with Crippen molar-refractivity contribution in [2.75, 3.05) is 59.5 Å². The number of halogens is 2. The van der Waals surface area contributed by atoms with Crippen LogP contribution in [0.2, 0.25) is 0 Å². The summed E-state index contributed by atoms with van der Waals surface area (Å²) < 4.78 is 6.11. The maximum absolute atomic E-state index is 11.8. The van der Waals surface area contributed by atoms with Crippen LogP contribution in [0, 0.1) is 0 Å². The molecular formula is C17H29BrIN5O2S. The van der Waals surface area contributed by atoms with Crippen LogP contribution in [0.5, 0.6) is 0 Å². The average Bonchev–Trinajstić information content (AvgIpc) is 3.04. The van der Waals surface area contributed by atoms with E-state index in [4.69, 9.17) is 4.74 Å². The van der Waals surface area contributed by atoms with Gasteiger partial charge in [-0.3, -0.25) is 9.69 Å². The number of carbonyl (C=O) groups is 1. The van der Waals surface area contributed by atoms with Gasteiger partial charge in [-0.2, -0.15) is 0 Å². The topological polar surface area (TPSA) is 69.2 Å². The normalized spacial score (nSPS) is 15.4. The van der Waals surface area contributed by atoms with Crippen molar-refractivity contribution in [1.29, 1.82) is 0 Å². The first-order valence-electron chi connectivity index (χ1n) is 8.87. The van der Waals surface area contributed by atoms with Gasteiger partial charge in [-0.25, -0.2) is 4.99 Å². The Hall–Kier alpha value is -0.430. The summed E-state index contributed by atoms with van der Waals surface area (Å²) in [7, 11) is 1.62. The van der Waals surface area contributed by atoms with Crippen LogP contribution < -0.4 is 10.6 Å². The van der Waals surface area contributed by atoms with Gasteiger partial charge in [0.05, 0.1) is 10.4 Å². The molecule has 2 N–H and O–H groups in total. The molecule has 1 aromatic rings. The summed E-state index contributed by atoms with van der Waals surface area (Å²) >= 11 is 5.31. The molecule has 0 radical (unpaired) electrons. The molecule has 2 heterocycles. The summed E-state index contributed by atoms with van der Waals surface area (Å²) in [5, 5.41) is 6.08. The summed E-state index contributed by atoms with van der Waals surface area (Å²) in [4.78, 5) is 22.4. The number of ether oxygens (including phenoxy) is 1. The van der Waals surface area contributed by atoms with E-state index in [9.17, 15) is 4.79 Å². The second-order valence-electron chi connectivity index (χ2n) is 5.98. The molecule has 2 rings (SSSR count). The summed E-state index contributed by atoms with van der Waals surface area (Å²) in [5.41, 5.74) is 0. The van der Waals surface area contributed by atoms with Crippen LogP contribution in [0.1, 0.15) is 11.8 Å². The Morgan fingerprint density at radius 1 is 1.30 bits per heavy atom. The Morgan fingerprint density at radius 3 is 2.63 bits per heavy atom. The van der Waals surface area contributed by atoms with E-state index < -0.39 is 0 Å². The zero-order valence-electron chi connectivity index (χ0n) is 15.9. The molecule has 1 aromatic heterocycles. The number of methoxy groups -OCH3 is 1. The van der Waals surface area contributed by atoms with E-state index in [0.29, 0.717) is 13.2 Å². The van der Waals surface area contributed by atoms with E-state index in [2.05, 4.69) is 53.5 Å². The highest BCUT2D eigenvalue weighted by Crippen LogP contribution is 2.23. The molecule has 0 aromatic carbocycles. The number of piperazine rings is 1. The Kier molecular flexibility index (Phi) is 12.5. The fourth-order valence-corrected chi connectivity index (χ4v) is 4.22. The van der Waals surface area contributed by atoms with Gasteiger partial charge in [-0.1, -0.05) is 0 Å². The lowest BCUT2D eigenvalue weighted by Gasteiger charge is -2.36. The lowest BCUT2D eigenvalue weighted by Crippen LogP contribution is -2.52. The minimum Gasteiger partial charge on any atom is -0.383 e. The predicted octanol–water partition coefficient (Wildman–Crippen LogP) is 1.97.